The molecule has 0 atom stereocenters. The number of hydrogen-bond acceptors (Lipinski definition) is 3. The van der Waals surface area contributed by atoms with Crippen molar-refractivity contribution in [3.8, 4) is 11.4 Å². The number of rotatable bonds is 3. The normalized spacial score (nSPS) is 10.8. The van der Waals surface area contributed by atoms with Gasteiger partial charge in [0.25, 0.3) is 0 Å². The molecule has 0 saturated heterocycles. The Balaban J connectivity index is 2.56. The molecule has 1 heterocycles. The lowest BCUT2D eigenvalue weighted by Crippen LogP contribution is -2.06. The lowest BCUT2D eigenvalue weighted by Gasteiger charge is -2.08. The summed E-state index contributed by atoms with van der Waals surface area (Å²) in [6.07, 6.45) is 0. The SMILES string of the molecule is CC(=O)c1nc(-c2ccccc2)n(C(C)C)n1. The maximum Gasteiger partial charge on any atom is 0.217 e. The van der Waals surface area contributed by atoms with Crippen molar-refractivity contribution in [2.24, 2.45) is 0 Å². The van der Waals surface area contributed by atoms with Crippen molar-refractivity contribution in [2.45, 2.75) is 26.8 Å². The van der Waals surface area contributed by atoms with Crippen molar-refractivity contribution in [1.29, 1.82) is 0 Å². The number of carbonyl (C=O) groups is 1. The standard InChI is InChI=1S/C13H15N3O/c1-9(2)16-13(11-7-5-4-6-8-11)14-12(15-16)10(3)17/h4-9H,1-3H3. The molecule has 1 aromatic heterocycles. The van der Waals surface area contributed by atoms with Crippen LogP contribution in [-0.4, -0.2) is 20.5 Å². The van der Waals surface area contributed by atoms with Crippen LogP contribution in [0.5, 0.6) is 0 Å². The quantitative estimate of drug-likeness (QED) is 0.760. The third-order valence-corrected chi connectivity index (χ3v) is 2.47. The zero-order chi connectivity index (χ0) is 12.4. The van der Waals surface area contributed by atoms with E-state index in [0.29, 0.717) is 0 Å². The van der Waals surface area contributed by atoms with Crippen molar-refractivity contribution in [3.63, 3.8) is 0 Å². The molecular formula is C13H15N3O. The fourth-order valence-electron chi connectivity index (χ4n) is 1.62. The highest BCUT2D eigenvalue weighted by Crippen LogP contribution is 2.20. The second-order valence-corrected chi connectivity index (χ2v) is 4.22. The zero-order valence-corrected chi connectivity index (χ0v) is 10.2. The van der Waals surface area contributed by atoms with E-state index in [0.717, 1.165) is 11.4 Å². The van der Waals surface area contributed by atoms with Gasteiger partial charge in [-0.1, -0.05) is 30.3 Å². The Bertz CT molecular complexity index is 529. The van der Waals surface area contributed by atoms with Gasteiger partial charge in [-0.25, -0.2) is 9.67 Å². The molecule has 1 aromatic carbocycles. The summed E-state index contributed by atoms with van der Waals surface area (Å²) in [5, 5.41) is 4.24. The summed E-state index contributed by atoms with van der Waals surface area (Å²) in [5.74, 6) is 0.907. The van der Waals surface area contributed by atoms with E-state index in [-0.39, 0.29) is 17.6 Å². The molecule has 4 heteroatoms. The molecular weight excluding hydrogens is 214 g/mol. The van der Waals surface area contributed by atoms with Gasteiger partial charge in [-0.2, -0.15) is 0 Å². The van der Waals surface area contributed by atoms with E-state index in [2.05, 4.69) is 10.1 Å². The van der Waals surface area contributed by atoms with Gasteiger partial charge in [0.1, 0.15) is 0 Å². The third kappa shape index (κ3) is 2.25. The molecule has 0 aliphatic rings. The minimum atomic E-state index is -0.110. The summed E-state index contributed by atoms with van der Waals surface area (Å²) >= 11 is 0. The Morgan fingerprint density at radius 3 is 2.41 bits per heavy atom. The van der Waals surface area contributed by atoms with E-state index in [1.54, 1.807) is 4.68 Å². The smallest absolute Gasteiger partial charge is 0.217 e. The first-order chi connectivity index (χ1) is 8.09. The van der Waals surface area contributed by atoms with Crippen LogP contribution >= 0.6 is 0 Å². The number of hydrogen-bond donors (Lipinski definition) is 0. The van der Waals surface area contributed by atoms with E-state index < -0.39 is 0 Å². The van der Waals surface area contributed by atoms with Crippen LogP contribution in [0.3, 0.4) is 0 Å². The van der Waals surface area contributed by atoms with Crippen LogP contribution < -0.4 is 0 Å². The molecule has 0 unspecified atom stereocenters. The maximum atomic E-state index is 11.3. The summed E-state index contributed by atoms with van der Waals surface area (Å²) in [4.78, 5) is 15.6. The number of carbonyl (C=O) groups excluding carboxylic acids is 1. The first-order valence-electron chi connectivity index (χ1n) is 5.62. The van der Waals surface area contributed by atoms with Gasteiger partial charge in [0.2, 0.25) is 5.82 Å². The molecule has 0 spiro atoms. The Labute approximate surface area is 100 Å². The minimum Gasteiger partial charge on any atom is -0.291 e. The Hall–Kier alpha value is -1.97. The highest BCUT2D eigenvalue weighted by molar-refractivity contribution is 5.90. The van der Waals surface area contributed by atoms with Gasteiger partial charge in [0, 0.05) is 18.5 Å². The van der Waals surface area contributed by atoms with Gasteiger partial charge in [-0.15, -0.1) is 5.10 Å². The molecule has 0 saturated carbocycles. The fourth-order valence-corrected chi connectivity index (χ4v) is 1.62. The first-order valence-corrected chi connectivity index (χ1v) is 5.62. The van der Waals surface area contributed by atoms with Crippen molar-refractivity contribution < 1.29 is 4.79 Å². The Morgan fingerprint density at radius 2 is 1.88 bits per heavy atom. The van der Waals surface area contributed by atoms with Crippen molar-refractivity contribution in [1.82, 2.24) is 14.8 Å². The number of Topliss-reactive ketones (excluding diaryl/α,β-unsaturated/α-hetero) is 1. The zero-order valence-electron chi connectivity index (χ0n) is 10.2. The molecule has 0 N–H and O–H groups in total. The van der Waals surface area contributed by atoms with Crippen LogP contribution in [0.2, 0.25) is 0 Å². The van der Waals surface area contributed by atoms with Crippen LogP contribution in [0.25, 0.3) is 11.4 Å². The van der Waals surface area contributed by atoms with Crippen LogP contribution in [0.4, 0.5) is 0 Å². The number of ketones is 1. The van der Waals surface area contributed by atoms with Gasteiger partial charge in [-0.05, 0) is 13.8 Å². The summed E-state index contributed by atoms with van der Waals surface area (Å²) < 4.78 is 1.78. The highest BCUT2D eigenvalue weighted by Gasteiger charge is 2.16. The van der Waals surface area contributed by atoms with Gasteiger partial charge in [-0.3, -0.25) is 4.79 Å². The van der Waals surface area contributed by atoms with Gasteiger partial charge >= 0.3 is 0 Å². The van der Waals surface area contributed by atoms with Crippen molar-refractivity contribution in [2.75, 3.05) is 0 Å². The van der Waals surface area contributed by atoms with E-state index in [1.165, 1.54) is 6.92 Å². The molecule has 0 amide bonds. The third-order valence-electron chi connectivity index (χ3n) is 2.47. The predicted octanol–water partition coefficient (Wildman–Crippen LogP) is 2.73. The highest BCUT2D eigenvalue weighted by atomic mass is 16.1. The molecule has 88 valence electrons. The molecule has 17 heavy (non-hydrogen) atoms. The van der Waals surface area contributed by atoms with E-state index in [4.69, 9.17) is 0 Å². The van der Waals surface area contributed by atoms with E-state index in [9.17, 15) is 4.79 Å². The molecule has 2 aromatic rings. The van der Waals surface area contributed by atoms with Crippen LogP contribution in [-0.2, 0) is 0 Å². The van der Waals surface area contributed by atoms with Gasteiger partial charge < -0.3 is 0 Å². The van der Waals surface area contributed by atoms with Crippen molar-refractivity contribution in [3.05, 3.63) is 36.2 Å². The summed E-state index contributed by atoms with van der Waals surface area (Å²) in [5.41, 5.74) is 0.973. The Kier molecular flexibility index (Phi) is 3.04. The average molecular weight is 229 g/mol. The number of aromatic nitrogens is 3. The van der Waals surface area contributed by atoms with Crippen LogP contribution in [0.15, 0.2) is 30.3 Å². The first kappa shape index (κ1) is 11.5. The largest absolute Gasteiger partial charge is 0.291 e. The number of nitrogens with zero attached hydrogens (tertiary/aromatic N) is 3. The molecule has 0 radical (unpaired) electrons. The minimum absolute atomic E-state index is 0.110. The molecule has 0 fully saturated rings. The predicted molar refractivity (Wildman–Crippen MR) is 65.8 cm³/mol. The lowest BCUT2D eigenvalue weighted by molar-refractivity contribution is 0.100. The molecule has 2 rings (SSSR count). The van der Waals surface area contributed by atoms with Gasteiger partial charge in [0.15, 0.2) is 11.6 Å². The van der Waals surface area contributed by atoms with Crippen LogP contribution in [0.1, 0.15) is 37.4 Å². The second-order valence-electron chi connectivity index (χ2n) is 4.22. The molecule has 0 bridgehead atoms. The monoisotopic (exact) mass is 229 g/mol. The molecule has 0 aliphatic carbocycles. The van der Waals surface area contributed by atoms with E-state index >= 15 is 0 Å². The molecule has 0 aliphatic heterocycles. The Morgan fingerprint density at radius 1 is 1.24 bits per heavy atom. The topological polar surface area (TPSA) is 47.8 Å². The second kappa shape index (κ2) is 4.49. The van der Waals surface area contributed by atoms with E-state index in [1.807, 2.05) is 44.2 Å². The average Bonchev–Trinajstić information content (AvgIpc) is 2.75. The summed E-state index contributed by atoms with van der Waals surface area (Å²) in [6, 6.07) is 9.95. The summed E-state index contributed by atoms with van der Waals surface area (Å²) in [6.45, 7) is 5.52. The lowest BCUT2D eigenvalue weighted by atomic mass is 10.2. The van der Waals surface area contributed by atoms with Crippen LogP contribution in [0, 0.1) is 0 Å². The maximum absolute atomic E-state index is 11.3. The molecule has 4 nitrogen and oxygen atoms in total. The fraction of sp³-hybridized carbons (Fsp3) is 0.308. The summed E-state index contributed by atoms with van der Waals surface area (Å²) in [7, 11) is 0. The van der Waals surface area contributed by atoms with Gasteiger partial charge in [0.05, 0.1) is 0 Å². The van der Waals surface area contributed by atoms with Crippen molar-refractivity contribution >= 4 is 5.78 Å². The number of benzene rings is 1.